The van der Waals surface area contributed by atoms with Crippen molar-refractivity contribution in [1.29, 1.82) is 0 Å². The van der Waals surface area contributed by atoms with E-state index in [1.54, 1.807) is 0 Å². The second kappa shape index (κ2) is 9.30. The number of tetrazole rings is 1. The van der Waals surface area contributed by atoms with Gasteiger partial charge in [-0.3, -0.25) is 4.90 Å². The van der Waals surface area contributed by atoms with Gasteiger partial charge in [0.25, 0.3) is 0 Å². The van der Waals surface area contributed by atoms with Crippen LogP contribution in [0.3, 0.4) is 0 Å². The van der Waals surface area contributed by atoms with Crippen molar-refractivity contribution in [2.75, 3.05) is 13.1 Å². The Hall–Kier alpha value is -1.46. The fraction of sp³-hybridized carbons (Fsp3) is 0.632. The summed E-state index contributed by atoms with van der Waals surface area (Å²) in [5.74, 6) is 0.995. The summed E-state index contributed by atoms with van der Waals surface area (Å²) in [5, 5.41) is 12.9. The van der Waals surface area contributed by atoms with Gasteiger partial charge in [-0.1, -0.05) is 62.9 Å². The zero-order valence-electron chi connectivity index (χ0n) is 15.6. The van der Waals surface area contributed by atoms with E-state index in [1.165, 1.54) is 43.2 Å². The second-order valence-electron chi connectivity index (χ2n) is 6.81. The van der Waals surface area contributed by atoms with Crippen LogP contribution in [-0.4, -0.2) is 38.2 Å². The average molecular weight is 364 g/mol. The topological polar surface area (TPSA) is 46.8 Å². The third kappa shape index (κ3) is 4.39. The molecule has 0 aliphatic heterocycles. The summed E-state index contributed by atoms with van der Waals surface area (Å²) in [6.45, 7) is 8.50. The molecule has 0 spiro atoms. The molecule has 1 atom stereocenters. The number of hydrogen-bond acceptors (Lipinski definition) is 4. The summed E-state index contributed by atoms with van der Waals surface area (Å²) in [6, 6.07) is 9.38. The molecule has 5 nitrogen and oxygen atoms in total. The molecule has 0 amide bonds. The lowest BCUT2D eigenvalue weighted by atomic mass is 9.95. The number of halogens is 1. The molecule has 25 heavy (non-hydrogen) atoms. The number of hydrogen-bond donors (Lipinski definition) is 0. The van der Waals surface area contributed by atoms with Gasteiger partial charge in [-0.25, -0.2) is 4.68 Å². The Morgan fingerprint density at radius 3 is 2.32 bits per heavy atom. The molecule has 1 fully saturated rings. The van der Waals surface area contributed by atoms with Crippen molar-refractivity contribution in [3.63, 3.8) is 0 Å². The van der Waals surface area contributed by atoms with Crippen molar-refractivity contribution >= 4 is 12.4 Å². The maximum absolute atomic E-state index is 4.47. The van der Waals surface area contributed by atoms with Crippen LogP contribution in [0.4, 0.5) is 0 Å². The molecule has 1 aliphatic rings. The van der Waals surface area contributed by atoms with E-state index < -0.39 is 0 Å². The van der Waals surface area contributed by atoms with Gasteiger partial charge < -0.3 is 0 Å². The molecule has 0 bridgehead atoms. The van der Waals surface area contributed by atoms with Gasteiger partial charge in [0.2, 0.25) is 0 Å². The van der Waals surface area contributed by atoms with Crippen LogP contribution >= 0.6 is 12.4 Å². The molecule has 1 heterocycles. The van der Waals surface area contributed by atoms with Gasteiger partial charge in [0.15, 0.2) is 5.82 Å². The fourth-order valence-electron chi connectivity index (χ4n) is 3.83. The standard InChI is InChI=1S/C19H29N5.ClH/c1-4-23(5-2)18(16-13-11-15(3)12-14-16)19-20-21-22-24(19)17-9-7-6-8-10-17;/h11-14,17-18H,4-10H2,1-3H3;1H. The van der Waals surface area contributed by atoms with Crippen molar-refractivity contribution in [1.82, 2.24) is 25.1 Å². The molecule has 0 saturated heterocycles. The van der Waals surface area contributed by atoms with Gasteiger partial charge in [-0.15, -0.1) is 17.5 Å². The van der Waals surface area contributed by atoms with Crippen LogP contribution in [0, 0.1) is 6.92 Å². The zero-order chi connectivity index (χ0) is 16.9. The van der Waals surface area contributed by atoms with E-state index in [0.29, 0.717) is 6.04 Å². The van der Waals surface area contributed by atoms with Crippen LogP contribution in [0.5, 0.6) is 0 Å². The first-order valence-electron chi connectivity index (χ1n) is 9.33. The Morgan fingerprint density at radius 2 is 1.72 bits per heavy atom. The Labute approximate surface area is 157 Å². The first-order chi connectivity index (χ1) is 11.7. The monoisotopic (exact) mass is 363 g/mol. The van der Waals surface area contributed by atoms with Crippen molar-refractivity contribution in [2.24, 2.45) is 0 Å². The highest BCUT2D eigenvalue weighted by Crippen LogP contribution is 2.33. The minimum Gasteiger partial charge on any atom is -0.290 e. The maximum Gasteiger partial charge on any atom is 0.173 e. The number of benzene rings is 1. The highest BCUT2D eigenvalue weighted by Gasteiger charge is 2.29. The van der Waals surface area contributed by atoms with Crippen molar-refractivity contribution < 1.29 is 0 Å². The third-order valence-electron chi connectivity index (χ3n) is 5.25. The van der Waals surface area contributed by atoms with Crippen LogP contribution in [0.2, 0.25) is 0 Å². The van der Waals surface area contributed by atoms with Gasteiger partial charge in [-0.2, -0.15) is 0 Å². The van der Waals surface area contributed by atoms with Crippen LogP contribution in [-0.2, 0) is 0 Å². The molecule has 1 aromatic heterocycles. The minimum absolute atomic E-state index is 0. The van der Waals surface area contributed by atoms with Crippen LogP contribution in [0.15, 0.2) is 24.3 Å². The molecule has 1 unspecified atom stereocenters. The smallest absolute Gasteiger partial charge is 0.173 e. The summed E-state index contributed by atoms with van der Waals surface area (Å²) >= 11 is 0. The Bertz CT molecular complexity index is 630. The van der Waals surface area contributed by atoms with E-state index in [0.717, 1.165) is 18.9 Å². The van der Waals surface area contributed by atoms with Crippen LogP contribution < -0.4 is 0 Å². The first kappa shape index (κ1) is 19.9. The van der Waals surface area contributed by atoms with Crippen molar-refractivity contribution in [2.45, 2.75) is 65.0 Å². The molecule has 3 rings (SSSR count). The van der Waals surface area contributed by atoms with Crippen LogP contribution in [0.1, 0.15) is 75.0 Å². The van der Waals surface area contributed by atoms with E-state index in [4.69, 9.17) is 0 Å². The first-order valence-corrected chi connectivity index (χ1v) is 9.33. The van der Waals surface area contributed by atoms with E-state index in [1.807, 2.05) is 0 Å². The average Bonchev–Trinajstić information content (AvgIpc) is 3.10. The number of aromatic nitrogens is 4. The second-order valence-corrected chi connectivity index (χ2v) is 6.81. The summed E-state index contributed by atoms with van der Waals surface area (Å²) in [6.07, 6.45) is 6.29. The molecular formula is C19H30ClN5. The fourth-order valence-corrected chi connectivity index (χ4v) is 3.83. The molecule has 6 heteroatoms. The highest BCUT2D eigenvalue weighted by molar-refractivity contribution is 5.85. The number of aryl methyl sites for hydroxylation is 1. The summed E-state index contributed by atoms with van der Waals surface area (Å²) in [5.41, 5.74) is 2.56. The van der Waals surface area contributed by atoms with E-state index in [2.05, 4.69) is 70.1 Å². The van der Waals surface area contributed by atoms with Gasteiger partial charge >= 0.3 is 0 Å². The van der Waals surface area contributed by atoms with Gasteiger partial charge in [0.1, 0.15) is 0 Å². The molecule has 1 saturated carbocycles. The number of nitrogens with zero attached hydrogens (tertiary/aromatic N) is 5. The number of rotatable bonds is 6. The molecule has 0 radical (unpaired) electrons. The molecule has 0 N–H and O–H groups in total. The molecule has 1 aromatic carbocycles. The predicted octanol–water partition coefficient (Wildman–Crippen LogP) is 4.34. The van der Waals surface area contributed by atoms with Gasteiger partial charge in [-0.05, 0) is 48.8 Å². The van der Waals surface area contributed by atoms with Crippen molar-refractivity contribution in [3.8, 4) is 0 Å². The normalized spacial score (nSPS) is 16.6. The van der Waals surface area contributed by atoms with Crippen molar-refractivity contribution in [3.05, 3.63) is 41.2 Å². The van der Waals surface area contributed by atoms with E-state index >= 15 is 0 Å². The molecular weight excluding hydrogens is 334 g/mol. The Morgan fingerprint density at radius 1 is 1.08 bits per heavy atom. The third-order valence-corrected chi connectivity index (χ3v) is 5.25. The lowest BCUT2D eigenvalue weighted by Gasteiger charge is -2.31. The molecule has 138 valence electrons. The van der Waals surface area contributed by atoms with Gasteiger partial charge in [0.05, 0.1) is 12.1 Å². The summed E-state index contributed by atoms with van der Waals surface area (Å²) in [4.78, 5) is 2.44. The predicted molar refractivity (Wildman–Crippen MR) is 103 cm³/mol. The van der Waals surface area contributed by atoms with Gasteiger partial charge in [0, 0.05) is 0 Å². The molecule has 2 aromatic rings. The largest absolute Gasteiger partial charge is 0.290 e. The molecule has 1 aliphatic carbocycles. The lowest BCUT2D eigenvalue weighted by molar-refractivity contribution is 0.223. The van der Waals surface area contributed by atoms with Crippen LogP contribution in [0.25, 0.3) is 0 Å². The maximum atomic E-state index is 4.47. The summed E-state index contributed by atoms with van der Waals surface area (Å²) < 4.78 is 2.11. The zero-order valence-corrected chi connectivity index (χ0v) is 16.4. The lowest BCUT2D eigenvalue weighted by Crippen LogP contribution is -2.32. The summed E-state index contributed by atoms with van der Waals surface area (Å²) in [7, 11) is 0. The Balaban J connectivity index is 0.00000225. The van der Waals surface area contributed by atoms with E-state index in [-0.39, 0.29) is 18.4 Å². The Kier molecular flexibility index (Phi) is 7.38. The highest BCUT2D eigenvalue weighted by atomic mass is 35.5. The SMILES string of the molecule is CCN(CC)C(c1ccc(C)cc1)c1nnnn1C1CCCCC1.Cl. The van der Waals surface area contributed by atoms with E-state index in [9.17, 15) is 0 Å². The minimum atomic E-state index is 0. The quantitative estimate of drug-likeness (QED) is 0.765.